The normalized spacial score (nSPS) is 14.9. The SMILES string of the molecule is Cc1cc(C)cc(C(=O)N(CCN2CCOCC2)c2nc3c(C)c(C)ccc3s2)c1. The molecule has 1 amide bonds. The first-order valence-corrected chi connectivity index (χ1v) is 11.3. The van der Waals surface area contributed by atoms with Crippen molar-refractivity contribution in [1.29, 1.82) is 0 Å². The molecule has 0 aliphatic carbocycles. The number of hydrogen-bond acceptors (Lipinski definition) is 5. The van der Waals surface area contributed by atoms with E-state index in [4.69, 9.17) is 9.72 Å². The molecule has 6 heteroatoms. The Balaban J connectivity index is 1.69. The second-order valence-electron chi connectivity index (χ2n) is 8.14. The number of carbonyl (C=O) groups excluding carboxylic acids is 1. The van der Waals surface area contributed by atoms with Gasteiger partial charge >= 0.3 is 0 Å². The van der Waals surface area contributed by atoms with Crippen LogP contribution >= 0.6 is 11.3 Å². The summed E-state index contributed by atoms with van der Waals surface area (Å²) in [5, 5.41) is 0.774. The topological polar surface area (TPSA) is 45.7 Å². The number of amides is 1. The number of aryl methyl sites for hydroxylation is 4. The van der Waals surface area contributed by atoms with E-state index in [1.54, 1.807) is 11.3 Å². The first kappa shape index (κ1) is 21.0. The predicted molar refractivity (Wildman–Crippen MR) is 124 cm³/mol. The van der Waals surface area contributed by atoms with Crippen LogP contribution in [0.3, 0.4) is 0 Å². The Morgan fingerprint density at radius 2 is 1.80 bits per heavy atom. The fourth-order valence-corrected chi connectivity index (χ4v) is 4.98. The molecule has 0 spiro atoms. The van der Waals surface area contributed by atoms with Gasteiger partial charge in [-0.1, -0.05) is 34.6 Å². The predicted octanol–water partition coefficient (Wildman–Crippen LogP) is 4.51. The second-order valence-corrected chi connectivity index (χ2v) is 9.15. The van der Waals surface area contributed by atoms with Gasteiger partial charge in [0.15, 0.2) is 5.13 Å². The van der Waals surface area contributed by atoms with Crippen molar-refractivity contribution in [2.45, 2.75) is 27.7 Å². The summed E-state index contributed by atoms with van der Waals surface area (Å²) in [6.07, 6.45) is 0. The van der Waals surface area contributed by atoms with E-state index in [2.05, 4.69) is 36.9 Å². The highest BCUT2D eigenvalue weighted by atomic mass is 32.1. The maximum atomic E-state index is 13.6. The third-order valence-corrected chi connectivity index (χ3v) is 6.81. The average molecular weight is 424 g/mol. The Bertz CT molecular complexity index is 1050. The summed E-state index contributed by atoms with van der Waals surface area (Å²) in [4.78, 5) is 22.7. The van der Waals surface area contributed by atoms with Crippen molar-refractivity contribution in [2.24, 2.45) is 0 Å². The first-order valence-electron chi connectivity index (χ1n) is 10.5. The van der Waals surface area contributed by atoms with Crippen LogP contribution in [0, 0.1) is 27.7 Å². The summed E-state index contributed by atoms with van der Waals surface area (Å²) in [6, 6.07) is 10.3. The number of nitrogens with zero attached hydrogens (tertiary/aromatic N) is 3. The van der Waals surface area contributed by atoms with E-state index >= 15 is 0 Å². The van der Waals surface area contributed by atoms with Gasteiger partial charge in [-0.25, -0.2) is 4.98 Å². The Morgan fingerprint density at radius 1 is 1.10 bits per heavy atom. The van der Waals surface area contributed by atoms with Gasteiger partial charge < -0.3 is 4.74 Å². The zero-order valence-electron chi connectivity index (χ0n) is 18.2. The van der Waals surface area contributed by atoms with Gasteiger partial charge in [0.2, 0.25) is 0 Å². The second kappa shape index (κ2) is 8.84. The van der Waals surface area contributed by atoms with Gasteiger partial charge in [-0.3, -0.25) is 14.6 Å². The van der Waals surface area contributed by atoms with Crippen molar-refractivity contribution in [2.75, 3.05) is 44.3 Å². The lowest BCUT2D eigenvalue weighted by Gasteiger charge is -2.29. The molecule has 0 radical (unpaired) electrons. The summed E-state index contributed by atoms with van der Waals surface area (Å²) >= 11 is 1.60. The third kappa shape index (κ3) is 4.41. The molecule has 0 saturated carbocycles. The van der Waals surface area contributed by atoms with Crippen LogP contribution in [0.25, 0.3) is 10.2 Å². The summed E-state index contributed by atoms with van der Waals surface area (Å²) in [5.41, 5.74) is 6.33. The van der Waals surface area contributed by atoms with Crippen LogP contribution in [0.4, 0.5) is 5.13 Å². The highest BCUT2D eigenvalue weighted by Gasteiger charge is 2.23. The molecule has 30 heavy (non-hydrogen) atoms. The molecule has 1 saturated heterocycles. The number of anilines is 1. The Labute approximate surface area is 182 Å². The fourth-order valence-electron chi connectivity index (χ4n) is 3.93. The molecule has 5 nitrogen and oxygen atoms in total. The Morgan fingerprint density at radius 3 is 2.50 bits per heavy atom. The van der Waals surface area contributed by atoms with Crippen molar-refractivity contribution in [1.82, 2.24) is 9.88 Å². The van der Waals surface area contributed by atoms with E-state index in [-0.39, 0.29) is 5.91 Å². The molecule has 3 aromatic rings. The van der Waals surface area contributed by atoms with Crippen molar-refractivity contribution >= 4 is 32.6 Å². The molecule has 4 rings (SSSR count). The van der Waals surface area contributed by atoms with Crippen molar-refractivity contribution in [3.8, 4) is 0 Å². The van der Waals surface area contributed by atoms with Gasteiger partial charge in [-0.15, -0.1) is 0 Å². The average Bonchev–Trinajstić information content (AvgIpc) is 3.15. The quantitative estimate of drug-likeness (QED) is 0.606. The lowest BCUT2D eigenvalue weighted by Crippen LogP contribution is -2.43. The van der Waals surface area contributed by atoms with Crippen LogP contribution in [0.5, 0.6) is 0 Å². The number of hydrogen-bond donors (Lipinski definition) is 0. The van der Waals surface area contributed by atoms with Crippen LogP contribution in [-0.2, 0) is 4.74 Å². The fraction of sp³-hybridized carbons (Fsp3) is 0.417. The molecule has 1 fully saturated rings. The highest BCUT2D eigenvalue weighted by Crippen LogP contribution is 2.32. The molecular weight excluding hydrogens is 394 g/mol. The van der Waals surface area contributed by atoms with Gasteiger partial charge in [0.1, 0.15) is 0 Å². The van der Waals surface area contributed by atoms with Crippen LogP contribution < -0.4 is 4.90 Å². The Kier molecular flexibility index (Phi) is 6.18. The molecule has 1 aliphatic heterocycles. The minimum atomic E-state index is 0.0171. The maximum absolute atomic E-state index is 13.6. The van der Waals surface area contributed by atoms with E-state index in [9.17, 15) is 4.79 Å². The summed E-state index contributed by atoms with van der Waals surface area (Å²) in [7, 11) is 0. The zero-order chi connectivity index (χ0) is 21.3. The molecule has 0 N–H and O–H groups in total. The van der Waals surface area contributed by atoms with Crippen LogP contribution in [0.1, 0.15) is 32.6 Å². The molecular formula is C24H29N3O2S. The van der Waals surface area contributed by atoms with Gasteiger partial charge in [-0.2, -0.15) is 0 Å². The third-order valence-electron chi connectivity index (χ3n) is 5.76. The van der Waals surface area contributed by atoms with Crippen molar-refractivity contribution in [3.63, 3.8) is 0 Å². The summed E-state index contributed by atoms with van der Waals surface area (Å²) < 4.78 is 6.59. The molecule has 2 heterocycles. The number of thiazole rings is 1. The minimum absolute atomic E-state index is 0.0171. The van der Waals surface area contributed by atoms with E-state index < -0.39 is 0 Å². The number of morpholine rings is 1. The standard InChI is InChI=1S/C24H29N3O2S/c1-16-13-17(2)15-20(14-16)23(28)27(8-7-26-9-11-29-12-10-26)24-25-22-19(4)18(3)5-6-21(22)30-24/h5-6,13-15H,7-12H2,1-4H3. The largest absolute Gasteiger partial charge is 0.379 e. The van der Waals surface area contributed by atoms with Crippen LogP contribution in [0.2, 0.25) is 0 Å². The van der Waals surface area contributed by atoms with E-state index in [0.29, 0.717) is 6.54 Å². The smallest absolute Gasteiger partial charge is 0.260 e. The van der Waals surface area contributed by atoms with Crippen LogP contribution in [0.15, 0.2) is 30.3 Å². The first-order chi connectivity index (χ1) is 14.4. The minimum Gasteiger partial charge on any atom is -0.379 e. The Hall–Kier alpha value is -2.28. The van der Waals surface area contributed by atoms with Crippen molar-refractivity contribution in [3.05, 3.63) is 58.1 Å². The van der Waals surface area contributed by atoms with Gasteiger partial charge in [0, 0.05) is 31.7 Å². The zero-order valence-corrected chi connectivity index (χ0v) is 19.0. The van der Waals surface area contributed by atoms with E-state index in [1.165, 1.54) is 11.1 Å². The van der Waals surface area contributed by atoms with E-state index in [1.807, 2.05) is 30.9 Å². The molecule has 0 bridgehead atoms. The lowest BCUT2D eigenvalue weighted by atomic mass is 10.1. The number of rotatable bonds is 5. The summed E-state index contributed by atoms with van der Waals surface area (Å²) in [6.45, 7) is 13.0. The molecule has 1 aromatic heterocycles. The molecule has 2 aromatic carbocycles. The number of carbonyl (C=O) groups is 1. The number of fused-ring (bicyclic) bond motifs is 1. The monoisotopic (exact) mass is 423 g/mol. The maximum Gasteiger partial charge on any atom is 0.260 e. The number of aromatic nitrogens is 1. The summed E-state index contributed by atoms with van der Waals surface area (Å²) in [5.74, 6) is 0.0171. The molecule has 0 unspecified atom stereocenters. The molecule has 158 valence electrons. The number of ether oxygens (including phenoxy) is 1. The van der Waals surface area contributed by atoms with Crippen molar-refractivity contribution < 1.29 is 9.53 Å². The molecule has 0 atom stereocenters. The molecule has 1 aliphatic rings. The van der Waals surface area contributed by atoms with Gasteiger partial charge in [0.05, 0.1) is 23.4 Å². The van der Waals surface area contributed by atoms with Gasteiger partial charge in [0.25, 0.3) is 5.91 Å². The van der Waals surface area contributed by atoms with E-state index in [0.717, 1.165) is 64.9 Å². The highest BCUT2D eigenvalue weighted by molar-refractivity contribution is 7.22. The lowest BCUT2D eigenvalue weighted by molar-refractivity contribution is 0.0391. The number of benzene rings is 2. The van der Waals surface area contributed by atoms with Gasteiger partial charge in [-0.05, 0) is 57.0 Å². The van der Waals surface area contributed by atoms with Crippen LogP contribution in [-0.4, -0.2) is 55.2 Å².